The first-order chi connectivity index (χ1) is 14.9. The van der Waals surface area contributed by atoms with Gasteiger partial charge in [0.15, 0.2) is 0 Å². The first-order valence-electron chi connectivity index (χ1n) is 9.93. The highest BCUT2D eigenvalue weighted by molar-refractivity contribution is 7.25. The summed E-state index contributed by atoms with van der Waals surface area (Å²) < 4.78 is 4.49. The van der Waals surface area contributed by atoms with Gasteiger partial charge in [-0.05, 0) is 49.2 Å². The normalized spacial score (nSPS) is 11.5. The Bertz CT molecular complexity index is 1590. The molecule has 0 radical (unpaired) electrons. The van der Waals surface area contributed by atoms with Crippen molar-refractivity contribution in [1.29, 1.82) is 0 Å². The van der Waals surface area contributed by atoms with E-state index in [1.807, 2.05) is 38.1 Å². The molecule has 0 aliphatic carbocycles. The Hall–Kier alpha value is -3.15. The Morgan fingerprint density at radius 2 is 1.74 bits per heavy atom. The summed E-state index contributed by atoms with van der Waals surface area (Å²) in [6, 6.07) is 20.9. The molecule has 5 rings (SSSR count). The van der Waals surface area contributed by atoms with Crippen LogP contribution in [0.5, 0.6) is 0 Å². The van der Waals surface area contributed by atoms with Crippen molar-refractivity contribution in [3.05, 3.63) is 109 Å². The third-order valence-electron chi connectivity index (χ3n) is 5.56. The van der Waals surface area contributed by atoms with Crippen LogP contribution in [0.1, 0.15) is 16.7 Å². The van der Waals surface area contributed by atoms with E-state index in [9.17, 15) is 9.59 Å². The number of nitrogens with zero attached hydrogens (tertiary/aromatic N) is 2. The maximum atomic E-state index is 13.7. The van der Waals surface area contributed by atoms with Crippen LogP contribution in [0.25, 0.3) is 26.0 Å². The number of benzene rings is 3. The second-order valence-corrected chi connectivity index (χ2v) is 9.18. The minimum atomic E-state index is -0.371. The van der Waals surface area contributed by atoms with Crippen LogP contribution in [0, 0.1) is 13.8 Å². The van der Waals surface area contributed by atoms with Gasteiger partial charge in [0, 0.05) is 15.1 Å². The van der Waals surface area contributed by atoms with Gasteiger partial charge in [-0.3, -0.25) is 9.36 Å². The summed E-state index contributed by atoms with van der Waals surface area (Å²) in [5.74, 6) is 0. The highest BCUT2D eigenvalue weighted by atomic mass is 35.5. The number of thiophene rings is 1. The monoisotopic (exact) mass is 446 g/mol. The Morgan fingerprint density at radius 1 is 0.935 bits per heavy atom. The summed E-state index contributed by atoms with van der Waals surface area (Å²) in [6.07, 6.45) is 0. The van der Waals surface area contributed by atoms with Crippen molar-refractivity contribution in [2.45, 2.75) is 20.4 Å². The lowest BCUT2D eigenvalue weighted by molar-refractivity contribution is 0.715. The summed E-state index contributed by atoms with van der Waals surface area (Å²) in [5.41, 5.74) is 3.75. The van der Waals surface area contributed by atoms with Crippen LogP contribution in [0.15, 0.2) is 76.3 Å². The van der Waals surface area contributed by atoms with E-state index in [-0.39, 0.29) is 11.2 Å². The zero-order valence-corrected chi connectivity index (χ0v) is 18.6. The lowest BCUT2D eigenvalue weighted by Gasteiger charge is -2.15. The molecule has 0 saturated carbocycles. The Labute approximate surface area is 187 Å². The van der Waals surface area contributed by atoms with Gasteiger partial charge in [-0.15, -0.1) is 11.3 Å². The molecule has 0 spiro atoms. The number of hydrogen-bond donors (Lipinski definition) is 0. The number of hydrogen-bond acceptors (Lipinski definition) is 3. The lowest BCUT2D eigenvalue weighted by Crippen LogP contribution is -2.38. The molecule has 6 heteroatoms. The molecular weight excluding hydrogens is 428 g/mol. The summed E-state index contributed by atoms with van der Waals surface area (Å²) in [5, 5.41) is 1.39. The first kappa shape index (κ1) is 19.8. The van der Waals surface area contributed by atoms with Gasteiger partial charge in [-0.25, -0.2) is 9.36 Å². The molecule has 0 unspecified atom stereocenters. The highest BCUT2D eigenvalue weighted by Crippen LogP contribution is 2.31. The molecule has 0 aliphatic heterocycles. The lowest BCUT2D eigenvalue weighted by atomic mass is 10.1. The quantitative estimate of drug-likeness (QED) is 0.357. The zero-order valence-electron chi connectivity index (χ0n) is 17.1. The van der Waals surface area contributed by atoms with E-state index in [4.69, 9.17) is 11.6 Å². The van der Waals surface area contributed by atoms with Crippen molar-refractivity contribution in [3.8, 4) is 5.69 Å². The Morgan fingerprint density at radius 3 is 2.55 bits per heavy atom. The largest absolute Gasteiger partial charge is 0.336 e. The van der Waals surface area contributed by atoms with Crippen LogP contribution in [0.3, 0.4) is 0 Å². The molecule has 0 saturated heterocycles. The average molecular weight is 447 g/mol. The number of fused-ring (bicyclic) bond motifs is 3. The van der Waals surface area contributed by atoms with Crippen molar-refractivity contribution in [3.63, 3.8) is 0 Å². The molecule has 0 atom stereocenters. The van der Waals surface area contributed by atoms with Gasteiger partial charge in [-0.2, -0.15) is 0 Å². The predicted octanol–water partition coefficient (Wildman–Crippen LogP) is 5.69. The Kier molecular flexibility index (Phi) is 4.80. The van der Waals surface area contributed by atoms with Crippen molar-refractivity contribution in [2.75, 3.05) is 0 Å². The average Bonchev–Trinajstić information content (AvgIpc) is 3.14. The van der Waals surface area contributed by atoms with Crippen LogP contribution < -0.4 is 11.2 Å². The van der Waals surface area contributed by atoms with E-state index in [0.29, 0.717) is 27.5 Å². The van der Waals surface area contributed by atoms with Crippen LogP contribution in [0.2, 0.25) is 5.02 Å². The topological polar surface area (TPSA) is 44.0 Å². The molecule has 31 heavy (non-hydrogen) atoms. The van der Waals surface area contributed by atoms with E-state index in [1.54, 1.807) is 28.8 Å². The van der Waals surface area contributed by atoms with Gasteiger partial charge in [0.25, 0.3) is 5.56 Å². The number of aromatic nitrogens is 2. The molecule has 0 fully saturated rings. The van der Waals surface area contributed by atoms with Crippen molar-refractivity contribution in [1.82, 2.24) is 9.13 Å². The standard InChI is InChI=1S/C25H19ClN2O2S/c1-15-10-11-16(2)17(12-15)14-27-22-20-8-3-4-9-21(20)31-23(22)24(29)28(25(27)30)19-7-5-6-18(26)13-19/h3-13H,14H2,1-2H3. The zero-order chi connectivity index (χ0) is 21.7. The third-order valence-corrected chi connectivity index (χ3v) is 6.94. The summed E-state index contributed by atoms with van der Waals surface area (Å²) in [6.45, 7) is 4.45. The maximum absolute atomic E-state index is 13.7. The molecule has 5 aromatic rings. The number of aryl methyl sites for hydroxylation is 2. The van der Waals surface area contributed by atoms with Crippen LogP contribution in [0.4, 0.5) is 0 Å². The maximum Gasteiger partial charge on any atom is 0.336 e. The highest BCUT2D eigenvalue weighted by Gasteiger charge is 2.20. The van der Waals surface area contributed by atoms with E-state index in [1.165, 1.54) is 15.9 Å². The summed E-state index contributed by atoms with van der Waals surface area (Å²) in [4.78, 5) is 27.2. The van der Waals surface area contributed by atoms with Gasteiger partial charge in [0.2, 0.25) is 0 Å². The van der Waals surface area contributed by atoms with E-state index < -0.39 is 0 Å². The predicted molar refractivity (Wildman–Crippen MR) is 129 cm³/mol. The van der Waals surface area contributed by atoms with E-state index in [0.717, 1.165) is 26.8 Å². The van der Waals surface area contributed by atoms with Crippen LogP contribution in [-0.2, 0) is 6.54 Å². The van der Waals surface area contributed by atoms with Crippen molar-refractivity contribution >= 4 is 43.2 Å². The first-order valence-corrected chi connectivity index (χ1v) is 11.1. The molecule has 0 bridgehead atoms. The van der Waals surface area contributed by atoms with Crippen molar-refractivity contribution in [2.24, 2.45) is 0 Å². The second kappa shape index (κ2) is 7.52. The molecule has 3 aromatic carbocycles. The van der Waals surface area contributed by atoms with Gasteiger partial charge in [0.05, 0.1) is 17.7 Å². The van der Waals surface area contributed by atoms with Gasteiger partial charge >= 0.3 is 5.69 Å². The minimum Gasteiger partial charge on any atom is -0.287 e. The second-order valence-electron chi connectivity index (χ2n) is 7.70. The molecule has 2 aromatic heterocycles. The number of halogens is 1. The fourth-order valence-electron chi connectivity index (χ4n) is 3.98. The molecule has 0 aliphatic rings. The molecule has 154 valence electrons. The smallest absolute Gasteiger partial charge is 0.287 e. The van der Waals surface area contributed by atoms with Crippen LogP contribution in [-0.4, -0.2) is 9.13 Å². The summed E-state index contributed by atoms with van der Waals surface area (Å²) >= 11 is 7.58. The van der Waals surface area contributed by atoms with Crippen LogP contribution >= 0.6 is 22.9 Å². The minimum absolute atomic E-state index is 0.319. The van der Waals surface area contributed by atoms with Gasteiger partial charge < -0.3 is 0 Å². The third kappa shape index (κ3) is 3.30. The fourth-order valence-corrected chi connectivity index (χ4v) is 5.30. The molecular formula is C25H19ClN2O2S. The van der Waals surface area contributed by atoms with Gasteiger partial charge in [0.1, 0.15) is 4.70 Å². The molecule has 4 nitrogen and oxygen atoms in total. The molecule has 0 amide bonds. The molecule has 2 heterocycles. The van der Waals surface area contributed by atoms with E-state index in [2.05, 4.69) is 18.2 Å². The number of rotatable bonds is 3. The Balaban J connectivity index is 1.91. The summed E-state index contributed by atoms with van der Waals surface area (Å²) in [7, 11) is 0. The SMILES string of the molecule is Cc1ccc(C)c(Cn2c(=O)n(-c3cccc(Cl)c3)c(=O)c3sc4ccccc4c32)c1. The van der Waals surface area contributed by atoms with E-state index >= 15 is 0 Å². The van der Waals surface area contributed by atoms with Crippen molar-refractivity contribution < 1.29 is 0 Å². The molecule has 0 N–H and O–H groups in total. The van der Waals surface area contributed by atoms with Gasteiger partial charge in [-0.1, -0.05) is 59.6 Å². The fraction of sp³-hybridized carbons (Fsp3) is 0.120.